The van der Waals surface area contributed by atoms with Crippen molar-refractivity contribution in [3.8, 4) is 0 Å². The maximum absolute atomic E-state index is 12.4. The van der Waals surface area contributed by atoms with Crippen LogP contribution >= 0.6 is 0 Å². The molecule has 1 saturated heterocycles. The number of amides is 2. The number of benzene rings is 1. The molecule has 7 nitrogen and oxygen atoms in total. The Morgan fingerprint density at radius 2 is 2.10 bits per heavy atom. The highest BCUT2D eigenvalue weighted by atomic mass is 16.2. The summed E-state index contributed by atoms with van der Waals surface area (Å²) in [6.45, 7) is 7.90. The van der Waals surface area contributed by atoms with Crippen LogP contribution in [0.3, 0.4) is 0 Å². The summed E-state index contributed by atoms with van der Waals surface area (Å²) in [7, 11) is 1.63. The van der Waals surface area contributed by atoms with Crippen molar-refractivity contribution in [2.45, 2.75) is 39.5 Å². The Labute approximate surface area is 174 Å². The van der Waals surface area contributed by atoms with E-state index in [4.69, 9.17) is 0 Å². The molecule has 0 saturated carbocycles. The van der Waals surface area contributed by atoms with E-state index < -0.39 is 0 Å². The Bertz CT molecular complexity index is 704. The number of rotatable bonds is 8. The molecule has 0 spiro atoms. The van der Waals surface area contributed by atoms with Gasteiger partial charge in [-0.15, -0.1) is 0 Å². The lowest BCUT2D eigenvalue weighted by atomic mass is 10.00. The molecule has 2 amide bonds. The lowest BCUT2D eigenvalue weighted by molar-refractivity contribution is -0.132. The van der Waals surface area contributed by atoms with Crippen LogP contribution in [0.25, 0.3) is 0 Å². The second-order valence-corrected chi connectivity index (χ2v) is 7.55. The second kappa shape index (κ2) is 12.1. The van der Waals surface area contributed by atoms with Crippen LogP contribution < -0.4 is 16.0 Å². The summed E-state index contributed by atoms with van der Waals surface area (Å²) < 4.78 is 0. The molecular weight excluding hydrogens is 366 g/mol. The maximum Gasteiger partial charge on any atom is 0.251 e. The predicted molar refractivity (Wildman–Crippen MR) is 117 cm³/mol. The van der Waals surface area contributed by atoms with Gasteiger partial charge in [0.15, 0.2) is 5.96 Å². The van der Waals surface area contributed by atoms with Crippen LogP contribution in [-0.2, 0) is 11.2 Å². The van der Waals surface area contributed by atoms with Crippen molar-refractivity contribution in [2.75, 3.05) is 39.8 Å². The molecule has 3 N–H and O–H groups in total. The van der Waals surface area contributed by atoms with E-state index in [-0.39, 0.29) is 11.8 Å². The first-order chi connectivity index (χ1) is 14.0. The Morgan fingerprint density at radius 3 is 2.83 bits per heavy atom. The van der Waals surface area contributed by atoms with Gasteiger partial charge in [0.1, 0.15) is 0 Å². The molecule has 1 aliphatic rings. The molecular formula is C22H35N5O2. The van der Waals surface area contributed by atoms with Crippen LogP contribution in [0, 0.1) is 5.92 Å². The van der Waals surface area contributed by atoms with Crippen LogP contribution in [0.4, 0.5) is 0 Å². The Kier molecular flexibility index (Phi) is 9.47. The number of likely N-dealkylation sites (tertiary alicyclic amines) is 1. The Hall–Kier alpha value is -2.57. The summed E-state index contributed by atoms with van der Waals surface area (Å²) in [4.78, 5) is 30.6. The molecule has 0 aliphatic carbocycles. The number of aliphatic imine (C=N–C) groups is 1. The van der Waals surface area contributed by atoms with Gasteiger partial charge in [-0.3, -0.25) is 14.6 Å². The fourth-order valence-electron chi connectivity index (χ4n) is 3.52. The highest BCUT2D eigenvalue weighted by molar-refractivity contribution is 5.94. The number of hydrogen-bond donors (Lipinski definition) is 3. The first-order valence-electron chi connectivity index (χ1n) is 10.6. The number of nitrogens with zero attached hydrogens (tertiary/aromatic N) is 2. The third-order valence-corrected chi connectivity index (χ3v) is 5.07. The summed E-state index contributed by atoms with van der Waals surface area (Å²) in [5.74, 6) is 1.43. The molecule has 2 rings (SSSR count). The van der Waals surface area contributed by atoms with E-state index in [0.717, 1.165) is 44.0 Å². The highest BCUT2D eigenvalue weighted by Crippen LogP contribution is 2.16. The molecule has 1 heterocycles. The van der Waals surface area contributed by atoms with Gasteiger partial charge in [0, 0.05) is 45.2 Å². The largest absolute Gasteiger partial charge is 0.357 e. The number of piperidine rings is 1. The molecule has 160 valence electrons. The number of nitrogens with one attached hydrogen (secondary N) is 3. The van der Waals surface area contributed by atoms with Gasteiger partial charge in [-0.25, -0.2) is 0 Å². The van der Waals surface area contributed by atoms with Crippen molar-refractivity contribution in [2.24, 2.45) is 10.9 Å². The van der Waals surface area contributed by atoms with E-state index in [9.17, 15) is 9.59 Å². The minimum atomic E-state index is -0.0810. The van der Waals surface area contributed by atoms with Crippen LogP contribution in [-0.4, -0.2) is 62.4 Å². The predicted octanol–water partition coefficient (Wildman–Crippen LogP) is 1.79. The summed E-state index contributed by atoms with van der Waals surface area (Å²) in [5.41, 5.74) is 1.75. The van der Waals surface area contributed by atoms with Crippen molar-refractivity contribution in [1.29, 1.82) is 0 Å². The summed E-state index contributed by atoms with van der Waals surface area (Å²) in [5, 5.41) is 9.17. The average Bonchev–Trinajstić information content (AvgIpc) is 2.73. The van der Waals surface area contributed by atoms with E-state index in [1.54, 1.807) is 13.1 Å². The molecule has 1 aliphatic heterocycles. The van der Waals surface area contributed by atoms with Crippen molar-refractivity contribution in [1.82, 2.24) is 20.9 Å². The molecule has 1 unspecified atom stereocenters. The van der Waals surface area contributed by atoms with Gasteiger partial charge in [0.25, 0.3) is 5.91 Å². The van der Waals surface area contributed by atoms with Gasteiger partial charge in [0.2, 0.25) is 5.91 Å². The maximum atomic E-state index is 12.4. The number of carbonyl (C=O) groups is 2. The quantitative estimate of drug-likeness (QED) is 0.458. The van der Waals surface area contributed by atoms with E-state index in [2.05, 4.69) is 27.9 Å². The SMILES string of the molecule is CCNC(=NCCC(=O)N1CCCC(C)C1)NCCc1cccc(C(=O)NC)c1. The number of guanidine groups is 1. The van der Waals surface area contributed by atoms with Gasteiger partial charge in [-0.2, -0.15) is 0 Å². The molecule has 29 heavy (non-hydrogen) atoms. The van der Waals surface area contributed by atoms with Crippen molar-refractivity contribution >= 4 is 17.8 Å². The van der Waals surface area contributed by atoms with Crippen LogP contribution in [0.1, 0.15) is 49.0 Å². The van der Waals surface area contributed by atoms with Crippen molar-refractivity contribution < 1.29 is 9.59 Å². The van der Waals surface area contributed by atoms with Gasteiger partial charge in [-0.05, 0) is 49.8 Å². The second-order valence-electron chi connectivity index (χ2n) is 7.55. The van der Waals surface area contributed by atoms with Crippen LogP contribution in [0.15, 0.2) is 29.3 Å². The fraction of sp³-hybridized carbons (Fsp3) is 0.591. The molecule has 0 radical (unpaired) electrons. The fourth-order valence-corrected chi connectivity index (χ4v) is 3.52. The third-order valence-electron chi connectivity index (χ3n) is 5.07. The Balaban J connectivity index is 1.80. The van der Waals surface area contributed by atoms with E-state index in [1.165, 1.54) is 6.42 Å². The number of hydrogen-bond acceptors (Lipinski definition) is 3. The first-order valence-corrected chi connectivity index (χ1v) is 10.6. The number of carbonyl (C=O) groups excluding carboxylic acids is 2. The molecule has 0 aromatic heterocycles. The molecule has 1 atom stereocenters. The van der Waals surface area contributed by atoms with Gasteiger partial charge in [-0.1, -0.05) is 19.1 Å². The monoisotopic (exact) mass is 401 g/mol. The molecule has 1 fully saturated rings. The molecule has 1 aromatic carbocycles. The molecule has 1 aromatic rings. The topological polar surface area (TPSA) is 85.8 Å². The summed E-state index contributed by atoms with van der Waals surface area (Å²) in [6.07, 6.45) is 3.53. The normalized spacial score (nSPS) is 17.0. The highest BCUT2D eigenvalue weighted by Gasteiger charge is 2.20. The average molecular weight is 402 g/mol. The summed E-state index contributed by atoms with van der Waals surface area (Å²) >= 11 is 0. The van der Waals surface area contributed by atoms with E-state index >= 15 is 0 Å². The van der Waals surface area contributed by atoms with E-state index in [1.807, 2.05) is 30.0 Å². The van der Waals surface area contributed by atoms with Crippen LogP contribution in [0.5, 0.6) is 0 Å². The Morgan fingerprint density at radius 1 is 1.28 bits per heavy atom. The molecule has 0 bridgehead atoms. The van der Waals surface area contributed by atoms with Crippen molar-refractivity contribution in [3.05, 3.63) is 35.4 Å². The smallest absolute Gasteiger partial charge is 0.251 e. The van der Waals surface area contributed by atoms with Crippen molar-refractivity contribution in [3.63, 3.8) is 0 Å². The first kappa shape index (κ1) is 22.7. The summed E-state index contributed by atoms with van der Waals surface area (Å²) in [6, 6.07) is 7.62. The minimum absolute atomic E-state index is 0.0810. The van der Waals surface area contributed by atoms with Crippen LogP contribution in [0.2, 0.25) is 0 Å². The third kappa shape index (κ3) is 7.75. The lowest BCUT2D eigenvalue weighted by Gasteiger charge is -2.30. The lowest BCUT2D eigenvalue weighted by Crippen LogP contribution is -2.40. The molecule has 7 heteroatoms. The zero-order valence-electron chi connectivity index (χ0n) is 18.0. The standard InChI is InChI=1S/C22H35N5O2/c1-4-24-22(26-13-11-20(28)27-14-6-7-17(2)16-27)25-12-10-18-8-5-9-19(15-18)21(29)23-3/h5,8-9,15,17H,4,6-7,10-14,16H2,1-3H3,(H,23,29)(H2,24,25,26). The zero-order chi connectivity index (χ0) is 21.1. The van der Waals surface area contributed by atoms with E-state index in [0.29, 0.717) is 31.0 Å². The minimum Gasteiger partial charge on any atom is -0.357 e. The zero-order valence-corrected chi connectivity index (χ0v) is 18.0. The van der Waals surface area contributed by atoms with Gasteiger partial charge in [0.05, 0.1) is 6.54 Å². The van der Waals surface area contributed by atoms with Gasteiger partial charge >= 0.3 is 0 Å². The van der Waals surface area contributed by atoms with Gasteiger partial charge < -0.3 is 20.9 Å².